The van der Waals surface area contributed by atoms with Crippen LogP contribution in [0.15, 0.2) is 0 Å². The van der Waals surface area contributed by atoms with Crippen molar-refractivity contribution in [1.82, 2.24) is 0 Å². The maximum absolute atomic E-state index is 11.1. The van der Waals surface area contributed by atoms with Crippen molar-refractivity contribution in [3.05, 3.63) is 0 Å². The molecule has 0 saturated carbocycles. The van der Waals surface area contributed by atoms with Crippen molar-refractivity contribution in [2.45, 2.75) is 27.7 Å². The van der Waals surface area contributed by atoms with Crippen molar-refractivity contribution >= 4 is 37.6 Å². The minimum absolute atomic E-state index is 0. The van der Waals surface area contributed by atoms with Gasteiger partial charge in [-0.05, 0) is 11.8 Å². The predicted octanol–water partition coefficient (Wildman–Crippen LogP) is 2.14. The molecule has 0 radical (unpaired) electrons. The molecular weight excluding hydrogens is 182 g/mol. The van der Waals surface area contributed by atoms with Crippen LogP contribution < -0.4 is 0 Å². The van der Waals surface area contributed by atoms with E-state index in [4.69, 9.17) is 4.52 Å². The molecule has 1 unspecified atom stereocenters. The van der Waals surface area contributed by atoms with E-state index in [2.05, 4.69) is 27.7 Å². The maximum atomic E-state index is 11.1. The Hall–Kier alpha value is 1.19. The van der Waals surface area contributed by atoms with Gasteiger partial charge >= 0.3 is 29.6 Å². The van der Waals surface area contributed by atoms with Crippen LogP contribution in [0, 0.1) is 11.8 Å². The molecule has 0 spiro atoms. The fraction of sp³-hybridized carbons (Fsp3) is 1.00. The van der Waals surface area contributed by atoms with Crippen LogP contribution in [0.2, 0.25) is 0 Å². The molecule has 0 aliphatic rings. The van der Waals surface area contributed by atoms with Gasteiger partial charge in [0.2, 0.25) is 0 Å². The van der Waals surface area contributed by atoms with Crippen molar-refractivity contribution in [2.24, 2.45) is 11.8 Å². The van der Waals surface area contributed by atoms with E-state index in [0.29, 0.717) is 18.4 Å². The molecule has 0 aromatic carbocycles. The van der Waals surface area contributed by atoms with Crippen molar-refractivity contribution in [3.8, 4) is 0 Å². The molecule has 0 aromatic heterocycles. The third-order valence-corrected chi connectivity index (χ3v) is 2.79. The summed E-state index contributed by atoms with van der Waals surface area (Å²) in [5.41, 5.74) is 0. The molecule has 0 heterocycles. The first-order valence-electron chi connectivity index (χ1n) is 4.18. The van der Waals surface area contributed by atoms with Crippen LogP contribution in [-0.4, -0.2) is 42.3 Å². The number of hydrogen-bond acceptors (Lipinski definition) is 2. The first kappa shape index (κ1) is 15.7. The Kier molecular flexibility index (Phi) is 11.4. The fourth-order valence-corrected chi connectivity index (χ4v) is 1.96. The van der Waals surface area contributed by atoms with Crippen LogP contribution in [-0.2, 0) is 9.09 Å². The van der Waals surface area contributed by atoms with Crippen LogP contribution in [0.1, 0.15) is 27.7 Å². The summed E-state index contributed by atoms with van der Waals surface area (Å²) in [6.07, 6.45) is 0.720. The summed E-state index contributed by atoms with van der Waals surface area (Å²) in [6, 6.07) is 0. The number of hydrogen-bond donors (Lipinski definition) is 0. The fourth-order valence-electron chi connectivity index (χ4n) is 0.652. The Bertz CT molecular complexity index is 126. The monoisotopic (exact) mass is 202 g/mol. The Morgan fingerprint density at radius 1 is 1.17 bits per heavy atom. The van der Waals surface area contributed by atoms with E-state index in [9.17, 15) is 4.57 Å². The van der Waals surface area contributed by atoms with E-state index >= 15 is 0 Å². The van der Waals surface area contributed by atoms with Gasteiger partial charge in [-0.15, -0.1) is 0 Å². The Morgan fingerprint density at radius 2 is 1.67 bits per heavy atom. The summed E-state index contributed by atoms with van der Waals surface area (Å²) < 4.78 is 16.3. The molecule has 2 nitrogen and oxygen atoms in total. The molecule has 0 saturated heterocycles. The van der Waals surface area contributed by atoms with Gasteiger partial charge in [0, 0.05) is 6.16 Å². The second-order valence-corrected chi connectivity index (χ2v) is 5.12. The van der Waals surface area contributed by atoms with E-state index in [-0.39, 0.29) is 29.6 Å². The summed E-state index contributed by atoms with van der Waals surface area (Å²) in [5, 5.41) is 0. The molecule has 0 aliphatic heterocycles. The van der Waals surface area contributed by atoms with Gasteiger partial charge in [-0.1, -0.05) is 27.7 Å². The van der Waals surface area contributed by atoms with Gasteiger partial charge in [0.1, 0.15) is 0 Å². The average molecular weight is 202 g/mol. The van der Waals surface area contributed by atoms with E-state index in [1.807, 2.05) is 0 Å². The zero-order valence-electron chi connectivity index (χ0n) is 7.89. The Morgan fingerprint density at radius 3 is 2.00 bits per heavy atom. The molecule has 70 valence electrons. The molecular formula is C8H20NaO2P. The van der Waals surface area contributed by atoms with Gasteiger partial charge in [0.05, 0.1) is 6.61 Å². The van der Waals surface area contributed by atoms with Gasteiger partial charge in [-0.3, -0.25) is 4.57 Å². The van der Waals surface area contributed by atoms with Crippen molar-refractivity contribution in [2.75, 3.05) is 12.8 Å². The standard InChI is InChI=1S/C8H19O2P.Na.H/c1-7(2)5-10-11(9)6-8(3)4;;/h7-8,11H,5-6H2,1-4H3;;. The van der Waals surface area contributed by atoms with Crippen LogP contribution in [0.25, 0.3) is 0 Å². The van der Waals surface area contributed by atoms with Gasteiger partial charge in [0.25, 0.3) is 0 Å². The quantitative estimate of drug-likeness (QED) is 0.504. The van der Waals surface area contributed by atoms with Gasteiger partial charge in [0.15, 0.2) is 8.03 Å². The molecule has 0 N–H and O–H groups in total. The van der Waals surface area contributed by atoms with Crippen LogP contribution in [0.3, 0.4) is 0 Å². The molecule has 0 fully saturated rings. The third-order valence-electron chi connectivity index (χ3n) is 1.15. The van der Waals surface area contributed by atoms with E-state index in [1.54, 1.807) is 0 Å². The van der Waals surface area contributed by atoms with E-state index in [0.717, 1.165) is 6.16 Å². The summed E-state index contributed by atoms with van der Waals surface area (Å²) in [5.74, 6) is 0.963. The van der Waals surface area contributed by atoms with Crippen molar-refractivity contribution in [1.29, 1.82) is 0 Å². The first-order valence-corrected chi connectivity index (χ1v) is 5.70. The Labute approximate surface area is 98.6 Å². The Balaban J connectivity index is 0. The summed E-state index contributed by atoms with van der Waals surface area (Å²) in [4.78, 5) is 0. The summed E-state index contributed by atoms with van der Waals surface area (Å²) >= 11 is 0. The molecule has 0 aliphatic carbocycles. The second kappa shape index (κ2) is 8.77. The van der Waals surface area contributed by atoms with Crippen LogP contribution >= 0.6 is 8.03 Å². The second-order valence-electron chi connectivity index (χ2n) is 3.67. The molecule has 4 heteroatoms. The summed E-state index contributed by atoms with van der Waals surface area (Å²) in [7, 11) is -1.73. The summed E-state index contributed by atoms with van der Waals surface area (Å²) in [6.45, 7) is 8.86. The zero-order valence-corrected chi connectivity index (χ0v) is 8.89. The molecule has 0 aromatic rings. The minimum atomic E-state index is -1.73. The topological polar surface area (TPSA) is 26.3 Å². The zero-order chi connectivity index (χ0) is 8.85. The molecule has 12 heavy (non-hydrogen) atoms. The SMILES string of the molecule is CC(C)CO[PH](=O)CC(C)C.[NaH]. The molecule has 0 rings (SSSR count). The molecule has 1 atom stereocenters. The van der Waals surface area contributed by atoms with Gasteiger partial charge in [-0.2, -0.15) is 0 Å². The van der Waals surface area contributed by atoms with Crippen LogP contribution in [0.5, 0.6) is 0 Å². The normalized spacial score (nSPS) is 13.2. The first-order chi connectivity index (χ1) is 5.02. The third kappa shape index (κ3) is 11.2. The van der Waals surface area contributed by atoms with Crippen molar-refractivity contribution in [3.63, 3.8) is 0 Å². The van der Waals surface area contributed by atoms with Crippen LogP contribution in [0.4, 0.5) is 0 Å². The molecule has 0 amide bonds. The van der Waals surface area contributed by atoms with Gasteiger partial charge in [-0.25, -0.2) is 0 Å². The average Bonchev–Trinajstić information content (AvgIpc) is 1.82. The van der Waals surface area contributed by atoms with E-state index in [1.165, 1.54) is 0 Å². The predicted molar refractivity (Wildman–Crippen MR) is 56.6 cm³/mol. The number of rotatable bonds is 5. The van der Waals surface area contributed by atoms with E-state index < -0.39 is 8.03 Å². The van der Waals surface area contributed by atoms with Crippen molar-refractivity contribution < 1.29 is 9.09 Å². The molecule has 0 bridgehead atoms. The van der Waals surface area contributed by atoms with Gasteiger partial charge < -0.3 is 4.52 Å².